The number of carbonyl (C=O) groups excluding carboxylic acids is 2. The first-order chi connectivity index (χ1) is 21.6. The summed E-state index contributed by atoms with van der Waals surface area (Å²) < 4.78 is 28.1. The number of amides is 2. The second-order valence-corrected chi connectivity index (χ2v) is 14.4. The van der Waals surface area contributed by atoms with Crippen molar-refractivity contribution in [3.05, 3.63) is 42.5 Å². The highest BCUT2D eigenvalue weighted by Crippen LogP contribution is 2.27. The van der Waals surface area contributed by atoms with Gasteiger partial charge in [0.2, 0.25) is 21.8 Å². The van der Waals surface area contributed by atoms with Crippen molar-refractivity contribution in [1.29, 1.82) is 0 Å². The Morgan fingerprint density at radius 3 is 2.04 bits per heavy atom. The van der Waals surface area contributed by atoms with E-state index in [1.54, 1.807) is 25.1 Å². The Morgan fingerprint density at radius 1 is 0.889 bits per heavy atom. The van der Waals surface area contributed by atoms with Gasteiger partial charge in [-0.1, -0.05) is 30.3 Å². The topological polar surface area (TPSA) is 166 Å². The number of nitrogens with one attached hydrogen (secondary N) is 5. The van der Waals surface area contributed by atoms with Gasteiger partial charge in [0.1, 0.15) is 6.04 Å². The fraction of sp³-hybridized carbons (Fsp3) is 0.606. The summed E-state index contributed by atoms with van der Waals surface area (Å²) in [5.41, 5.74) is 0. The van der Waals surface area contributed by atoms with Gasteiger partial charge >= 0.3 is 5.97 Å². The van der Waals surface area contributed by atoms with Gasteiger partial charge in [-0.15, -0.1) is 0 Å². The largest absolute Gasteiger partial charge is 0.480 e. The van der Waals surface area contributed by atoms with Gasteiger partial charge < -0.3 is 26.4 Å². The molecule has 248 valence electrons. The van der Waals surface area contributed by atoms with E-state index in [0.717, 1.165) is 82.9 Å². The minimum Gasteiger partial charge on any atom is -0.480 e. The van der Waals surface area contributed by atoms with Crippen molar-refractivity contribution in [3.63, 3.8) is 0 Å². The summed E-state index contributed by atoms with van der Waals surface area (Å²) >= 11 is 0. The zero-order valence-corrected chi connectivity index (χ0v) is 27.0. The van der Waals surface area contributed by atoms with Crippen LogP contribution >= 0.6 is 0 Å². The molecule has 2 fully saturated rings. The van der Waals surface area contributed by atoms with Crippen molar-refractivity contribution in [2.45, 2.75) is 81.7 Å². The molecule has 6 N–H and O–H groups in total. The summed E-state index contributed by atoms with van der Waals surface area (Å²) in [6, 6.07) is 9.77. The van der Waals surface area contributed by atoms with Crippen LogP contribution in [0.1, 0.15) is 64.7 Å². The van der Waals surface area contributed by atoms with Gasteiger partial charge in [-0.2, -0.15) is 4.72 Å². The quantitative estimate of drug-likeness (QED) is 0.163. The molecule has 0 aromatic heterocycles. The number of rotatable bonds is 16. The molecule has 0 spiro atoms. The molecule has 4 rings (SSSR count). The average Bonchev–Trinajstić information content (AvgIpc) is 3.03. The van der Waals surface area contributed by atoms with Crippen LogP contribution in [0.2, 0.25) is 0 Å². The summed E-state index contributed by atoms with van der Waals surface area (Å²) in [4.78, 5) is 37.9. The molecule has 2 saturated heterocycles. The minimum absolute atomic E-state index is 0.0373. The van der Waals surface area contributed by atoms with E-state index in [9.17, 15) is 27.9 Å². The number of sulfonamides is 1. The maximum absolute atomic E-state index is 13.4. The molecule has 0 aliphatic carbocycles. The van der Waals surface area contributed by atoms with Crippen LogP contribution in [0, 0.1) is 17.8 Å². The first-order valence-corrected chi connectivity index (χ1v) is 17.8. The third kappa shape index (κ3) is 11.1. The molecule has 2 aliphatic rings. The third-order valence-electron chi connectivity index (χ3n) is 9.15. The lowest BCUT2D eigenvalue weighted by atomic mass is 9.84. The number of hydrogen-bond donors (Lipinski definition) is 6. The second kappa shape index (κ2) is 17.0. The van der Waals surface area contributed by atoms with Crippen LogP contribution in [0.25, 0.3) is 10.8 Å². The van der Waals surface area contributed by atoms with Crippen molar-refractivity contribution >= 4 is 38.6 Å². The molecule has 2 aliphatic heterocycles. The van der Waals surface area contributed by atoms with E-state index in [4.69, 9.17) is 0 Å². The monoisotopic (exact) mass is 643 g/mol. The van der Waals surface area contributed by atoms with Gasteiger partial charge in [0.15, 0.2) is 0 Å². The van der Waals surface area contributed by atoms with Crippen LogP contribution in [-0.2, 0) is 24.4 Å². The summed E-state index contributed by atoms with van der Waals surface area (Å²) in [5.74, 6) is -0.772. The van der Waals surface area contributed by atoms with Gasteiger partial charge in [-0.3, -0.25) is 14.4 Å². The maximum atomic E-state index is 13.4. The molecule has 2 amide bonds. The van der Waals surface area contributed by atoms with Crippen LogP contribution in [0.3, 0.4) is 0 Å². The molecular formula is C33H49N5O6S. The zero-order chi connectivity index (χ0) is 32.2. The highest BCUT2D eigenvalue weighted by Gasteiger charge is 2.28. The van der Waals surface area contributed by atoms with Crippen molar-refractivity contribution in [2.24, 2.45) is 17.8 Å². The Bertz CT molecular complexity index is 1370. The predicted octanol–water partition coefficient (Wildman–Crippen LogP) is 2.76. The zero-order valence-electron chi connectivity index (χ0n) is 26.2. The van der Waals surface area contributed by atoms with E-state index >= 15 is 0 Å². The molecule has 2 atom stereocenters. The Balaban J connectivity index is 1.27. The van der Waals surface area contributed by atoms with Crippen molar-refractivity contribution in [2.75, 3.05) is 32.7 Å². The molecule has 2 heterocycles. The molecule has 2 unspecified atom stereocenters. The lowest BCUT2D eigenvalue weighted by Crippen LogP contribution is -2.49. The van der Waals surface area contributed by atoms with E-state index < -0.39 is 40.5 Å². The Morgan fingerprint density at radius 2 is 1.47 bits per heavy atom. The highest BCUT2D eigenvalue weighted by molar-refractivity contribution is 7.89. The van der Waals surface area contributed by atoms with Crippen LogP contribution in [0.15, 0.2) is 47.4 Å². The van der Waals surface area contributed by atoms with Crippen LogP contribution in [0.4, 0.5) is 0 Å². The minimum atomic E-state index is -4.17. The molecular weight excluding hydrogens is 594 g/mol. The van der Waals surface area contributed by atoms with E-state index in [2.05, 4.69) is 26.0 Å². The number of carboxylic acid groups (broad SMARTS) is 1. The number of piperidine rings is 2. The summed E-state index contributed by atoms with van der Waals surface area (Å²) in [6.07, 6.45) is 8.19. The van der Waals surface area contributed by atoms with Crippen molar-refractivity contribution in [3.8, 4) is 0 Å². The number of hydrogen-bond acceptors (Lipinski definition) is 7. The number of benzene rings is 2. The van der Waals surface area contributed by atoms with Crippen molar-refractivity contribution in [1.82, 2.24) is 26.0 Å². The van der Waals surface area contributed by atoms with Crippen molar-refractivity contribution < 1.29 is 27.9 Å². The fourth-order valence-corrected chi connectivity index (χ4v) is 7.59. The van der Waals surface area contributed by atoms with Gasteiger partial charge in [0.05, 0.1) is 4.90 Å². The van der Waals surface area contributed by atoms with Gasteiger partial charge in [-0.05, 0) is 119 Å². The van der Waals surface area contributed by atoms with Gasteiger partial charge in [-0.25, -0.2) is 8.42 Å². The molecule has 0 bridgehead atoms. The van der Waals surface area contributed by atoms with E-state index in [0.29, 0.717) is 17.2 Å². The van der Waals surface area contributed by atoms with E-state index in [-0.39, 0.29) is 23.1 Å². The van der Waals surface area contributed by atoms with Crippen LogP contribution in [-0.4, -0.2) is 76.1 Å². The van der Waals surface area contributed by atoms with Crippen LogP contribution < -0.4 is 26.0 Å². The van der Waals surface area contributed by atoms with Gasteiger partial charge in [0.25, 0.3) is 0 Å². The molecule has 0 saturated carbocycles. The highest BCUT2D eigenvalue weighted by atomic mass is 32.2. The predicted molar refractivity (Wildman–Crippen MR) is 174 cm³/mol. The van der Waals surface area contributed by atoms with E-state index in [1.165, 1.54) is 12.1 Å². The smallest absolute Gasteiger partial charge is 0.323 e. The average molecular weight is 644 g/mol. The number of fused-ring (bicyclic) bond motifs is 1. The first-order valence-electron chi connectivity index (χ1n) is 16.3. The Kier molecular flexibility index (Phi) is 13.2. The van der Waals surface area contributed by atoms with E-state index in [1.807, 2.05) is 12.1 Å². The lowest BCUT2D eigenvalue weighted by Gasteiger charge is -2.27. The number of carbonyl (C=O) groups is 3. The fourth-order valence-electron chi connectivity index (χ4n) is 6.37. The molecule has 45 heavy (non-hydrogen) atoms. The third-order valence-corrected chi connectivity index (χ3v) is 10.6. The standard InChI is InChI=1S/C33H49N5O6S/c1-23(37-32(40)27(8-6-24-12-16-34-17-13-24)9-7-25-14-18-35-19-15-25)20-31(39)36-22-30(33(41)42)38-45(43,44)29-11-10-26-4-2-3-5-28(26)21-29/h2-5,10-11,21,23-25,27,30,34-35,38H,6-9,12-20,22H2,1H3,(H,36,39)(H,37,40)(H,41,42). The molecule has 11 nitrogen and oxygen atoms in total. The number of carboxylic acids is 1. The summed E-state index contributed by atoms with van der Waals surface area (Å²) in [6.45, 7) is 5.42. The normalized spacial score (nSPS) is 18.0. The first kappa shape index (κ1) is 34.8. The molecule has 2 aromatic rings. The second-order valence-electron chi connectivity index (χ2n) is 12.7. The molecule has 12 heteroatoms. The molecule has 0 radical (unpaired) electrons. The SMILES string of the molecule is CC(CC(=O)NCC(NS(=O)(=O)c1ccc2ccccc2c1)C(=O)O)NC(=O)C(CCC1CCNCC1)CCC1CCNCC1. The lowest BCUT2D eigenvalue weighted by molar-refractivity contribution is -0.139. The number of aliphatic carboxylic acids is 1. The maximum Gasteiger partial charge on any atom is 0.323 e. The summed E-state index contributed by atoms with van der Waals surface area (Å²) in [7, 11) is -4.17. The van der Waals surface area contributed by atoms with Crippen LogP contribution in [0.5, 0.6) is 0 Å². The Hall–Kier alpha value is -3.06. The van der Waals surface area contributed by atoms with Gasteiger partial charge in [0, 0.05) is 24.9 Å². The summed E-state index contributed by atoms with van der Waals surface area (Å²) in [5, 5.41) is 23.6. The molecule has 2 aromatic carbocycles. The Labute approximate surface area is 266 Å².